The molecule has 74 valence electrons. The van der Waals surface area contributed by atoms with Crippen LogP contribution in [0, 0.1) is 11.3 Å². The van der Waals surface area contributed by atoms with Crippen molar-refractivity contribution in [2.24, 2.45) is 0 Å². The fourth-order valence-electron chi connectivity index (χ4n) is 1.15. The van der Waals surface area contributed by atoms with Gasteiger partial charge in [-0.25, -0.2) is 0 Å². The molecule has 0 fully saturated rings. The summed E-state index contributed by atoms with van der Waals surface area (Å²) in [4.78, 5) is 1.20. The number of nitriles is 1. The van der Waals surface area contributed by atoms with Crippen molar-refractivity contribution in [1.82, 2.24) is 0 Å². The molecule has 1 atom stereocenters. The van der Waals surface area contributed by atoms with Gasteiger partial charge in [0.05, 0.1) is 6.07 Å². The molecule has 0 spiro atoms. The molecule has 0 saturated carbocycles. The van der Waals surface area contributed by atoms with Crippen molar-refractivity contribution in [2.75, 3.05) is 12.9 Å². The summed E-state index contributed by atoms with van der Waals surface area (Å²) in [5.74, 6) is 0. The summed E-state index contributed by atoms with van der Waals surface area (Å²) in [6.45, 7) is 2.45. The van der Waals surface area contributed by atoms with Gasteiger partial charge in [-0.3, -0.25) is 0 Å². The van der Waals surface area contributed by atoms with Gasteiger partial charge in [0.25, 0.3) is 0 Å². The standard InChI is InChI=1S/C11H13NOS/c1-3-13-11(8-12)9-4-6-10(14-2)7-5-9/h4-7,11H,3H2,1-2H3. The van der Waals surface area contributed by atoms with Crippen molar-refractivity contribution in [1.29, 1.82) is 5.26 Å². The molecule has 0 aromatic heterocycles. The van der Waals surface area contributed by atoms with Crippen LogP contribution in [0.4, 0.5) is 0 Å². The van der Waals surface area contributed by atoms with Crippen molar-refractivity contribution in [3.63, 3.8) is 0 Å². The molecule has 0 saturated heterocycles. The monoisotopic (exact) mass is 207 g/mol. The van der Waals surface area contributed by atoms with E-state index >= 15 is 0 Å². The van der Waals surface area contributed by atoms with E-state index in [1.54, 1.807) is 11.8 Å². The predicted molar refractivity (Wildman–Crippen MR) is 58.2 cm³/mol. The van der Waals surface area contributed by atoms with Gasteiger partial charge in [-0.1, -0.05) is 12.1 Å². The van der Waals surface area contributed by atoms with Crippen molar-refractivity contribution >= 4 is 11.8 Å². The Kier molecular flexibility index (Phi) is 4.51. The first-order valence-corrected chi connectivity index (χ1v) is 5.69. The van der Waals surface area contributed by atoms with Gasteiger partial charge in [-0.05, 0) is 30.9 Å². The zero-order valence-electron chi connectivity index (χ0n) is 8.36. The van der Waals surface area contributed by atoms with Crippen LogP contribution in [0.1, 0.15) is 18.6 Å². The first-order valence-electron chi connectivity index (χ1n) is 4.47. The Hall–Kier alpha value is -0.980. The van der Waals surface area contributed by atoms with Crippen LogP contribution in [-0.2, 0) is 4.74 Å². The van der Waals surface area contributed by atoms with Crippen molar-refractivity contribution in [2.45, 2.75) is 17.9 Å². The van der Waals surface area contributed by atoms with E-state index < -0.39 is 6.10 Å². The normalized spacial score (nSPS) is 12.1. The summed E-state index contributed by atoms with van der Waals surface area (Å²) in [7, 11) is 0. The van der Waals surface area contributed by atoms with Crippen LogP contribution in [-0.4, -0.2) is 12.9 Å². The topological polar surface area (TPSA) is 33.0 Å². The Morgan fingerprint density at radius 3 is 2.50 bits per heavy atom. The first-order chi connectivity index (χ1) is 6.81. The zero-order valence-corrected chi connectivity index (χ0v) is 9.17. The Balaban J connectivity index is 2.79. The minimum absolute atomic E-state index is 0.434. The molecule has 1 aromatic carbocycles. The zero-order chi connectivity index (χ0) is 10.4. The SMILES string of the molecule is CCOC(C#N)c1ccc(SC)cc1. The van der Waals surface area contributed by atoms with E-state index in [0.717, 1.165) is 5.56 Å². The molecule has 0 amide bonds. The molecule has 0 bridgehead atoms. The lowest BCUT2D eigenvalue weighted by Gasteiger charge is -2.09. The molecule has 0 N–H and O–H groups in total. The fourth-order valence-corrected chi connectivity index (χ4v) is 1.56. The largest absolute Gasteiger partial charge is 0.359 e. The van der Waals surface area contributed by atoms with Gasteiger partial charge in [0, 0.05) is 11.5 Å². The predicted octanol–water partition coefficient (Wildman–Crippen LogP) is 3.01. The maximum atomic E-state index is 8.86. The number of thioether (sulfide) groups is 1. The van der Waals surface area contributed by atoms with E-state index in [2.05, 4.69) is 6.07 Å². The Bertz CT molecular complexity index is 315. The van der Waals surface area contributed by atoms with Crippen LogP contribution in [0.3, 0.4) is 0 Å². The van der Waals surface area contributed by atoms with E-state index in [9.17, 15) is 0 Å². The van der Waals surface area contributed by atoms with E-state index in [1.807, 2.05) is 37.4 Å². The van der Waals surface area contributed by atoms with E-state index in [0.29, 0.717) is 6.61 Å². The third-order valence-corrected chi connectivity index (χ3v) is 2.61. The van der Waals surface area contributed by atoms with Crippen molar-refractivity contribution in [3.8, 4) is 6.07 Å². The molecule has 1 unspecified atom stereocenters. The molecule has 2 nitrogen and oxygen atoms in total. The number of hydrogen-bond donors (Lipinski definition) is 0. The average Bonchev–Trinajstić information content (AvgIpc) is 2.26. The fraction of sp³-hybridized carbons (Fsp3) is 0.364. The Morgan fingerprint density at radius 1 is 1.43 bits per heavy atom. The molecule has 1 rings (SSSR count). The van der Waals surface area contributed by atoms with Gasteiger partial charge in [0.15, 0.2) is 6.10 Å². The van der Waals surface area contributed by atoms with Crippen LogP contribution in [0.25, 0.3) is 0 Å². The van der Waals surface area contributed by atoms with Crippen LogP contribution in [0.15, 0.2) is 29.2 Å². The average molecular weight is 207 g/mol. The maximum Gasteiger partial charge on any atom is 0.169 e. The van der Waals surface area contributed by atoms with Gasteiger partial charge in [0.2, 0.25) is 0 Å². The van der Waals surface area contributed by atoms with E-state index in [-0.39, 0.29) is 0 Å². The molecule has 1 aromatic rings. The molecule has 0 aliphatic heterocycles. The highest BCUT2D eigenvalue weighted by molar-refractivity contribution is 7.98. The highest BCUT2D eigenvalue weighted by Gasteiger charge is 2.08. The minimum atomic E-state index is -0.434. The number of ether oxygens (including phenoxy) is 1. The van der Waals surface area contributed by atoms with Gasteiger partial charge in [0.1, 0.15) is 0 Å². The van der Waals surface area contributed by atoms with Crippen LogP contribution in [0.5, 0.6) is 0 Å². The highest BCUT2D eigenvalue weighted by atomic mass is 32.2. The van der Waals surface area contributed by atoms with Gasteiger partial charge < -0.3 is 4.74 Å². The Morgan fingerprint density at radius 2 is 2.07 bits per heavy atom. The Labute approximate surface area is 88.9 Å². The highest BCUT2D eigenvalue weighted by Crippen LogP contribution is 2.20. The third kappa shape index (κ3) is 2.76. The van der Waals surface area contributed by atoms with Crippen LogP contribution < -0.4 is 0 Å². The van der Waals surface area contributed by atoms with Gasteiger partial charge in [-0.2, -0.15) is 5.26 Å². The van der Waals surface area contributed by atoms with Crippen LogP contribution >= 0.6 is 11.8 Å². The molecule has 0 radical (unpaired) electrons. The van der Waals surface area contributed by atoms with Gasteiger partial charge in [-0.15, -0.1) is 11.8 Å². The molecule has 0 aliphatic rings. The second-order valence-corrected chi connectivity index (χ2v) is 3.62. The summed E-state index contributed by atoms with van der Waals surface area (Å²) >= 11 is 1.69. The maximum absolute atomic E-state index is 8.86. The second kappa shape index (κ2) is 5.69. The van der Waals surface area contributed by atoms with Crippen LogP contribution in [0.2, 0.25) is 0 Å². The summed E-state index contributed by atoms with van der Waals surface area (Å²) in [5.41, 5.74) is 0.923. The summed E-state index contributed by atoms with van der Waals surface area (Å²) in [6, 6.07) is 10.0. The minimum Gasteiger partial charge on any atom is -0.359 e. The molecular formula is C11H13NOS. The quantitative estimate of drug-likeness (QED) is 0.711. The number of nitrogens with zero attached hydrogens (tertiary/aromatic N) is 1. The molecular weight excluding hydrogens is 194 g/mol. The molecule has 0 heterocycles. The van der Waals surface area contributed by atoms with Crippen molar-refractivity contribution < 1.29 is 4.74 Å². The smallest absolute Gasteiger partial charge is 0.169 e. The number of hydrogen-bond acceptors (Lipinski definition) is 3. The summed E-state index contributed by atoms with van der Waals surface area (Å²) in [6.07, 6.45) is 1.59. The summed E-state index contributed by atoms with van der Waals surface area (Å²) < 4.78 is 5.28. The van der Waals surface area contributed by atoms with Gasteiger partial charge >= 0.3 is 0 Å². The van der Waals surface area contributed by atoms with Crippen molar-refractivity contribution in [3.05, 3.63) is 29.8 Å². The lowest BCUT2D eigenvalue weighted by molar-refractivity contribution is 0.102. The summed E-state index contributed by atoms with van der Waals surface area (Å²) in [5, 5.41) is 8.86. The third-order valence-electron chi connectivity index (χ3n) is 1.87. The molecule has 3 heteroatoms. The molecule has 14 heavy (non-hydrogen) atoms. The van der Waals surface area contributed by atoms with E-state index in [4.69, 9.17) is 10.00 Å². The number of rotatable bonds is 4. The lowest BCUT2D eigenvalue weighted by atomic mass is 10.1. The lowest BCUT2D eigenvalue weighted by Crippen LogP contribution is -2.00. The first kappa shape index (κ1) is 11.1. The second-order valence-electron chi connectivity index (χ2n) is 2.74. The van der Waals surface area contributed by atoms with E-state index in [1.165, 1.54) is 4.90 Å². The molecule has 0 aliphatic carbocycles. The number of benzene rings is 1.